The Labute approximate surface area is 155 Å². The first-order chi connectivity index (χ1) is 13.2. The molecule has 0 radical (unpaired) electrons. The fourth-order valence-electron chi connectivity index (χ4n) is 3.07. The lowest BCUT2D eigenvalue weighted by Crippen LogP contribution is -2.08. The number of halogens is 1. The van der Waals surface area contributed by atoms with E-state index in [-0.39, 0.29) is 18.1 Å². The molecule has 0 aliphatic rings. The Morgan fingerprint density at radius 1 is 1.04 bits per heavy atom. The number of carbonyl (C=O) groups is 1. The van der Waals surface area contributed by atoms with E-state index in [0.717, 1.165) is 22.3 Å². The molecule has 4 nitrogen and oxygen atoms in total. The summed E-state index contributed by atoms with van der Waals surface area (Å²) in [6, 6.07) is 21.6. The summed E-state index contributed by atoms with van der Waals surface area (Å²) in [5, 5.41) is 0.881. The molecule has 0 aliphatic carbocycles. The van der Waals surface area contributed by atoms with Crippen LogP contribution in [-0.2, 0) is 4.74 Å². The SMILES string of the molecule is CCOC(=O)c1ccc2cc(-c3ccccc3)n(-c3ccc(F)cc3)c2n1. The Morgan fingerprint density at radius 3 is 2.48 bits per heavy atom. The molecule has 0 spiro atoms. The van der Waals surface area contributed by atoms with Gasteiger partial charge in [0.05, 0.1) is 12.3 Å². The molecule has 0 bridgehead atoms. The van der Waals surface area contributed by atoms with Crippen molar-refractivity contribution >= 4 is 17.0 Å². The predicted molar refractivity (Wildman–Crippen MR) is 102 cm³/mol. The first kappa shape index (κ1) is 17.0. The molecule has 134 valence electrons. The Kier molecular flexibility index (Phi) is 4.42. The minimum absolute atomic E-state index is 0.241. The van der Waals surface area contributed by atoms with E-state index in [0.29, 0.717) is 5.65 Å². The maximum absolute atomic E-state index is 13.4. The van der Waals surface area contributed by atoms with Crippen molar-refractivity contribution in [3.8, 4) is 16.9 Å². The van der Waals surface area contributed by atoms with Crippen molar-refractivity contribution in [2.24, 2.45) is 0 Å². The second kappa shape index (κ2) is 7.03. The monoisotopic (exact) mass is 360 g/mol. The first-order valence-corrected chi connectivity index (χ1v) is 8.68. The molecule has 0 N–H and O–H groups in total. The van der Waals surface area contributed by atoms with Gasteiger partial charge in [-0.25, -0.2) is 14.2 Å². The molecule has 0 amide bonds. The van der Waals surface area contributed by atoms with Crippen LogP contribution in [0, 0.1) is 5.82 Å². The Hall–Kier alpha value is -3.47. The lowest BCUT2D eigenvalue weighted by molar-refractivity contribution is 0.0520. The number of pyridine rings is 1. The van der Waals surface area contributed by atoms with Gasteiger partial charge >= 0.3 is 5.97 Å². The quantitative estimate of drug-likeness (QED) is 0.481. The number of aromatic nitrogens is 2. The third kappa shape index (κ3) is 3.19. The maximum atomic E-state index is 13.4. The fourth-order valence-corrected chi connectivity index (χ4v) is 3.07. The largest absolute Gasteiger partial charge is 0.461 e. The van der Waals surface area contributed by atoms with Gasteiger partial charge in [0.2, 0.25) is 0 Å². The highest BCUT2D eigenvalue weighted by molar-refractivity contribution is 5.93. The van der Waals surface area contributed by atoms with E-state index in [4.69, 9.17) is 4.74 Å². The molecule has 0 unspecified atom stereocenters. The van der Waals surface area contributed by atoms with Crippen LogP contribution in [-0.4, -0.2) is 22.1 Å². The third-order valence-electron chi connectivity index (χ3n) is 4.29. The molecule has 4 rings (SSSR count). The highest BCUT2D eigenvalue weighted by Gasteiger charge is 2.16. The molecule has 4 aromatic rings. The molecule has 2 aromatic carbocycles. The summed E-state index contributed by atoms with van der Waals surface area (Å²) < 4.78 is 20.4. The second-order valence-corrected chi connectivity index (χ2v) is 6.04. The van der Waals surface area contributed by atoms with Crippen LogP contribution in [0.5, 0.6) is 0 Å². The van der Waals surface area contributed by atoms with E-state index >= 15 is 0 Å². The number of nitrogens with zero attached hydrogens (tertiary/aromatic N) is 2. The molecule has 2 heterocycles. The lowest BCUT2D eigenvalue weighted by atomic mass is 10.1. The van der Waals surface area contributed by atoms with Gasteiger partial charge in [0, 0.05) is 11.1 Å². The lowest BCUT2D eigenvalue weighted by Gasteiger charge is -2.11. The maximum Gasteiger partial charge on any atom is 0.356 e. The number of ether oxygens (including phenoxy) is 1. The van der Waals surface area contributed by atoms with E-state index in [9.17, 15) is 9.18 Å². The summed E-state index contributed by atoms with van der Waals surface area (Å²) in [6.07, 6.45) is 0. The van der Waals surface area contributed by atoms with E-state index < -0.39 is 5.97 Å². The minimum Gasteiger partial charge on any atom is -0.461 e. The second-order valence-electron chi connectivity index (χ2n) is 6.04. The molecule has 2 aromatic heterocycles. The molecular formula is C22H17FN2O2. The summed E-state index contributed by atoms with van der Waals surface area (Å²) in [5.74, 6) is -0.774. The third-order valence-corrected chi connectivity index (χ3v) is 4.29. The molecule has 0 fully saturated rings. The molecule has 5 heteroatoms. The average Bonchev–Trinajstić information content (AvgIpc) is 3.08. The van der Waals surface area contributed by atoms with Gasteiger partial charge in [0.15, 0.2) is 5.69 Å². The summed E-state index contributed by atoms with van der Waals surface area (Å²) in [6.45, 7) is 2.04. The Balaban J connectivity index is 1.98. The van der Waals surface area contributed by atoms with E-state index in [1.165, 1.54) is 12.1 Å². The van der Waals surface area contributed by atoms with E-state index in [1.807, 2.05) is 47.0 Å². The van der Waals surface area contributed by atoms with Crippen LogP contribution >= 0.6 is 0 Å². The topological polar surface area (TPSA) is 44.1 Å². The van der Waals surface area contributed by atoms with Crippen LogP contribution in [0.2, 0.25) is 0 Å². The van der Waals surface area contributed by atoms with Gasteiger partial charge in [0.1, 0.15) is 11.5 Å². The van der Waals surface area contributed by atoms with Gasteiger partial charge in [-0.15, -0.1) is 0 Å². The van der Waals surface area contributed by atoms with Crippen molar-refractivity contribution < 1.29 is 13.9 Å². The van der Waals surface area contributed by atoms with Crippen LogP contribution < -0.4 is 0 Å². The number of hydrogen-bond acceptors (Lipinski definition) is 3. The normalized spacial score (nSPS) is 10.9. The predicted octanol–water partition coefficient (Wildman–Crippen LogP) is 5.01. The van der Waals surface area contributed by atoms with Gasteiger partial charge in [0.25, 0.3) is 0 Å². The number of rotatable bonds is 4. The summed E-state index contributed by atoms with van der Waals surface area (Å²) in [7, 11) is 0. The van der Waals surface area contributed by atoms with Crippen LogP contribution in [0.4, 0.5) is 4.39 Å². The molecule has 0 saturated heterocycles. The Morgan fingerprint density at radius 2 is 1.78 bits per heavy atom. The van der Waals surface area contributed by atoms with Crippen LogP contribution in [0.25, 0.3) is 28.0 Å². The number of carbonyl (C=O) groups excluding carboxylic acids is 1. The highest BCUT2D eigenvalue weighted by atomic mass is 19.1. The molecular weight excluding hydrogens is 343 g/mol. The summed E-state index contributed by atoms with van der Waals surface area (Å²) >= 11 is 0. The van der Waals surface area contributed by atoms with Crippen LogP contribution in [0.3, 0.4) is 0 Å². The highest BCUT2D eigenvalue weighted by Crippen LogP contribution is 2.31. The van der Waals surface area contributed by atoms with Crippen molar-refractivity contribution in [2.75, 3.05) is 6.61 Å². The van der Waals surface area contributed by atoms with Gasteiger partial charge in [-0.05, 0) is 55.0 Å². The molecule has 0 atom stereocenters. The van der Waals surface area contributed by atoms with Gasteiger partial charge in [-0.1, -0.05) is 30.3 Å². The van der Waals surface area contributed by atoms with Crippen LogP contribution in [0.1, 0.15) is 17.4 Å². The van der Waals surface area contributed by atoms with Crippen molar-refractivity contribution in [1.29, 1.82) is 0 Å². The van der Waals surface area contributed by atoms with Gasteiger partial charge in [-0.3, -0.25) is 4.57 Å². The molecule has 27 heavy (non-hydrogen) atoms. The van der Waals surface area contributed by atoms with Gasteiger partial charge in [-0.2, -0.15) is 0 Å². The molecule has 0 aliphatic heterocycles. The smallest absolute Gasteiger partial charge is 0.356 e. The van der Waals surface area contributed by atoms with E-state index in [2.05, 4.69) is 4.98 Å². The first-order valence-electron chi connectivity index (χ1n) is 8.68. The molecule has 0 saturated carbocycles. The zero-order valence-electron chi connectivity index (χ0n) is 14.7. The van der Waals surface area contributed by atoms with E-state index in [1.54, 1.807) is 25.1 Å². The number of esters is 1. The van der Waals surface area contributed by atoms with Crippen molar-refractivity contribution in [3.05, 3.63) is 84.3 Å². The minimum atomic E-state index is -0.465. The number of fused-ring (bicyclic) bond motifs is 1. The zero-order valence-corrected chi connectivity index (χ0v) is 14.7. The van der Waals surface area contributed by atoms with Crippen molar-refractivity contribution in [1.82, 2.24) is 9.55 Å². The Bertz CT molecular complexity index is 1100. The number of benzene rings is 2. The van der Waals surface area contributed by atoms with Crippen molar-refractivity contribution in [2.45, 2.75) is 6.92 Å². The van der Waals surface area contributed by atoms with Crippen molar-refractivity contribution in [3.63, 3.8) is 0 Å². The van der Waals surface area contributed by atoms with Gasteiger partial charge < -0.3 is 4.74 Å². The average molecular weight is 360 g/mol. The van der Waals surface area contributed by atoms with Crippen LogP contribution in [0.15, 0.2) is 72.8 Å². The summed E-state index contributed by atoms with van der Waals surface area (Å²) in [4.78, 5) is 16.6. The fraction of sp³-hybridized carbons (Fsp3) is 0.0909. The summed E-state index contributed by atoms with van der Waals surface area (Å²) in [5.41, 5.74) is 3.53. The number of hydrogen-bond donors (Lipinski definition) is 0. The zero-order chi connectivity index (χ0) is 18.8. The standard InChI is InChI=1S/C22H17FN2O2/c1-2-27-22(26)19-13-8-16-14-20(15-6-4-3-5-7-15)25(21(16)24-19)18-11-9-17(23)10-12-18/h3-14H,2H2,1H3.